The highest BCUT2D eigenvalue weighted by molar-refractivity contribution is 5.43. The first kappa shape index (κ1) is 12.0. The number of hydrogen-bond acceptors (Lipinski definition) is 3. The molecular formula is C12H20N2O. The van der Waals surface area contributed by atoms with Crippen molar-refractivity contribution in [2.75, 3.05) is 18.5 Å². The van der Waals surface area contributed by atoms with Crippen molar-refractivity contribution in [1.29, 1.82) is 0 Å². The van der Waals surface area contributed by atoms with Gasteiger partial charge in [0.05, 0.1) is 6.10 Å². The lowest BCUT2D eigenvalue weighted by atomic mass is 10.0. The van der Waals surface area contributed by atoms with E-state index >= 15 is 0 Å². The number of nitrogens with zero attached hydrogens (tertiary/aromatic N) is 2. The Balaban J connectivity index is 2.97. The number of aliphatic hydroxyl groups is 1. The summed E-state index contributed by atoms with van der Waals surface area (Å²) in [5, 5.41) is 9.74. The van der Waals surface area contributed by atoms with Crippen LogP contribution < -0.4 is 4.90 Å². The molecule has 0 amide bonds. The van der Waals surface area contributed by atoms with Crippen molar-refractivity contribution in [2.24, 2.45) is 0 Å². The average molecular weight is 208 g/mol. The minimum Gasteiger partial charge on any atom is -0.388 e. The molecule has 0 aliphatic carbocycles. The Morgan fingerprint density at radius 2 is 2.13 bits per heavy atom. The molecule has 0 aromatic carbocycles. The maximum absolute atomic E-state index is 9.74. The van der Waals surface area contributed by atoms with Crippen molar-refractivity contribution in [3.8, 4) is 0 Å². The molecule has 0 aliphatic rings. The van der Waals surface area contributed by atoms with E-state index in [1.54, 1.807) is 6.20 Å². The molecule has 0 fully saturated rings. The minimum absolute atomic E-state index is 0.390. The van der Waals surface area contributed by atoms with Crippen LogP contribution >= 0.6 is 0 Å². The van der Waals surface area contributed by atoms with Crippen LogP contribution in [0, 0.1) is 6.92 Å². The quantitative estimate of drug-likeness (QED) is 0.824. The molecule has 0 saturated carbocycles. The van der Waals surface area contributed by atoms with Gasteiger partial charge in [-0.1, -0.05) is 6.92 Å². The van der Waals surface area contributed by atoms with Crippen molar-refractivity contribution < 1.29 is 5.11 Å². The standard InChI is InChI=1S/C12H20N2O/c1-5-11(15)10-8-13-12(7-9(10)3)14(4)6-2/h7-8,11,15H,5-6H2,1-4H3/t11-/m1/s1. The molecule has 0 unspecified atom stereocenters. The molecule has 3 nitrogen and oxygen atoms in total. The number of aliphatic hydroxyl groups excluding tert-OH is 1. The van der Waals surface area contributed by atoms with Gasteiger partial charge < -0.3 is 10.0 Å². The van der Waals surface area contributed by atoms with Crippen molar-refractivity contribution in [1.82, 2.24) is 4.98 Å². The van der Waals surface area contributed by atoms with E-state index in [1.165, 1.54) is 0 Å². The van der Waals surface area contributed by atoms with E-state index in [9.17, 15) is 5.11 Å². The Kier molecular flexibility index (Phi) is 4.09. The van der Waals surface area contributed by atoms with Gasteiger partial charge in [-0.2, -0.15) is 0 Å². The van der Waals surface area contributed by atoms with E-state index in [1.807, 2.05) is 27.0 Å². The molecular weight excluding hydrogens is 188 g/mol. The van der Waals surface area contributed by atoms with Gasteiger partial charge >= 0.3 is 0 Å². The van der Waals surface area contributed by atoms with Gasteiger partial charge in [0, 0.05) is 25.4 Å². The molecule has 1 atom stereocenters. The Labute approximate surface area is 91.8 Å². The Hall–Kier alpha value is -1.09. The molecule has 1 aromatic rings. The fraction of sp³-hybridized carbons (Fsp3) is 0.583. The highest BCUT2D eigenvalue weighted by Gasteiger charge is 2.10. The van der Waals surface area contributed by atoms with E-state index in [0.717, 1.165) is 29.9 Å². The predicted molar refractivity (Wildman–Crippen MR) is 63.2 cm³/mol. The maximum Gasteiger partial charge on any atom is 0.128 e. The van der Waals surface area contributed by atoms with Crippen molar-refractivity contribution >= 4 is 5.82 Å². The summed E-state index contributed by atoms with van der Waals surface area (Å²) in [5.74, 6) is 0.960. The topological polar surface area (TPSA) is 36.4 Å². The van der Waals surface area contributed by atoms with Crippen LogP contribution in [-0.4, -0.2) is 23.7 Å². The molecule has 1 aromatic heterocycles. The highest BCUT2D eigenvalue weighted by atomic mass is 16.3. The van der Waals surface area contributed by atoms with Crippen molar-refractivity contribution in [2.45, 2.75) is 33.3 Å². The maximum atomic E-state index is 9.74. The van der Waals surface area contributed by atoms with E-state index in [-0.39, 0.29) is 0 Å². The summed E-state index contributed by atoms with van der Waals surface area (Å²) in [4.78, 5) is 6.42. The third-order valence-corrected chi connectivity index (χ3v) is 2.75. The fourth-order valence-electron chi connectivity index (χ4n) is 1.49. The Morgan fingerprint density at radius 1 is 1.47 bits per heavy atom. The Bertz CT molecular complexity index is 325. The first-order chi connectivity index (χ1) is 7.10. The zero-order valence-electron chi connectivity index (χ0n) is 9.99. The molecule has 0 saturated heterocycles. The molecule has 0 bridgehead atoms. The lowest BCUT2D eigenvalue weighted by Crippen LogP contribution is -2.17. The fourth-order valence-corrected chi connectivity index (χ4v) is 1.49. The smallest absolute Gasteiger partial charge is 0.128 e. The van der Waals surface area contributed by atoms with Gasteiger partial charge in [-0.15, -0.1) is 0 Å². The molecule has 0 aliphatic heterocycles. The second-order valence-electron chi connectivity index (χ2n) is 3.84. The van der Waals surface area contributed by atoms with E-state index in [0.29, 0.717) is 0 Å². The highest BCUT2D eigenvalue weighted by Crippen LogP contribution is 2.22. The number of aromatic nitrogens is 1. The second kappa shape index (κ2) is 5.12. The molecule has 1 N–H and O–H groups in total. The van der Waals surface area contributed by atoms with Crippen LogP contribution in [-0.2, 0) is 0 Å². The second-order valence-corrected chi connectivity index (χ2v) is 3.84. The molecule has 0 radical (unpaired) electrons. The summed E-state index contributed by atoms with van der Waals surface area (Å²) in [5.41, 5.74) is 2.04. The Morgan fingerprint density at radius 3 is 2.60 bits per heavy atom. The van der Waals surface area contributed by atoms with Crippen LogP contribution in [0.15, 0.2) is 12.3 Å². The third-order valence-electron chi connectivity index (χ3n) is 2.75. The molecule has 1 rings (SSSR count). The number of aryl methyl sites for hydroxylation is 1. The monoisotopic (exact) mass is 208 g/mol. The largest absolute Gasteiger partial charge is 0.388 e. The summed E-state index contributed by atoms with van der Waals surface area (Å²) >= 11 is 0. The zero-order chi connectivity index (χ0) is 11.4. The van der Waals surface area contributed by atoms with Crippen LogP contribution in [0.4, 0.5) is 5.82 Å². The number of rotatable bonds is 4. The van der Waals surface area contributed by atoms with E-state index < -0.39 is 6.10 Å². The van der Waals surface area contributed by atoms with E-state index in [2.05, 4.69) is 16.8 Å². The number of pyridine rings is 1. The zero-order valence-corrected chi connectivity index (χ0v) is 9.99. The predicted octanol–water partition coefficient (Wildman–Crippen LogP) is 2.29. The van der Waals surface area contributed by atoms with Gasteiger partial charge in [0.15, 0.2) is 0 Å². The van der Waals surface area contributed by atoms with Gasteiger partial charge in [-0.05, 0) is 31.9 Å². The van der Waals surface area contributed by atoms with Crippen LogP contribution in [0.25, 0.3) is 0 Å². The first-order valence-corrected chi connectivity index (χ1v) is 5.45. The van der Waals surface area contributed by atoms with Gasteiger partial charge in [0.1, 0.15) is 5.82 Å². The van der Waals surface area contributed by atoms with Crippen molar-refractivity contribution in [3.05, 3.63) is 23.4 Å². The van der Waals surface area contributed by atoms with Crippen molar-refractivity contribution in [3.63, 3.8) is 0 Å². The van der Waals surface area contributed by atoms with Crippen LogP contribution in [0.1, 0.15) is 37.5 Å². The third kappa shape index (κ3) is 2.69. The molecule has 1 heterocycles. The molecule has 84 valence electrons. The normalized spacial score (nSPS) is 12.6. The number of hydrogen-bond donors (Lipinski definition) is 1. The average Bonchev–Trinajstić information content (AvgIpc) is 2.26. The van der Waals surface area contributed by atoms with Crippen LogP contribution in [0.2, 0.25) is 0 Å². The van der Waals surface area contributed by atoms with Crippen LogP contribution in [0.5, 0.6) is 0 Å². The van der Waals surface area contributed by atoms with Gasteiger partial charge in [-0.25, -0.2) is 4.98 Å². The van der Waals surface area contributed by atoms with E-state index in [4.69, 9.17) is 0 Å². The summed E-state index contributed by atoms with van der Waals surface area (Å²) < 4.78 is 0. The molecule has 3 heteroatoms. The lowest BCUT2D eigenvalue weighted by Gasteiger charge is -2.18. The lowest BCUT2D eigenvalue weighted by molar-refractivity contribution is 0.172. The first-order valence-electron chi connectivity index (χ1n) is 5.45. The minimum atomic E-state index is -0.390. The summed E-state index contributed by atoms with van der Waals surface area (Å²) in [7, 11) is 2.01. The molecule has 15 heavy (non-hydrogen) atoms. The summed E-state index contributed by atoms with van der Waals surface area (Å²) in [6.07, 6.45) is 2.12. The molecule has 0 spiro atoms. The van der Waals surface area contributed by atoms with Crippen LogP contribution in [0.3, 0.4) is 0 Å². The summed E-state index contributed by atoms with van der Waals surface area (Å²) in [6, 6.07) is 2.03. The number of anilines is 1. The van der Waals surface area contributed by atoms with Gasteiger partial charge in [0.2, 0.25) is 0 Å². The summed E-state index contributed by atoms with van der Waals surface area (Å²) in [6.45, 7) is 7.01. The van der Waals surface area contributed by atoms with Gasteiger partial charge in [0.25, 0.3) is 0 Å². The van der Waals surface area contributed by atoms with Gasteiger partial charge in [-0.3, -0.25) is 0 Å². The SMILES string of the molecule is CC[C@@H](O)c1cnc(N(C)CC)cc1C.